The van der Waals surface area contributed by atoms with Gasteiger partial charge in [0.1, 0.15) is 17.4 Å². The Morgan fingerprint density at radius 1 is 1.17 bits per heavy atom. The molecule has 3 rings (SSSR count). The van der Waals surface area contributed by atoms with Crippen LogP contribution in [0.2, 0.25) is 0 Å². The maximum absolute atomic E-state index is 9.95. The van der Waals surface area contributed by atoms with Crippen LogP contribution in [0.1, 0.15) is 11.8 Å². The van der Waals surface area contributed by atoms with Gasteiger partial charge in [0.15, 0.2) is 0 Å². The molecule has 1 aliphatic heterocycles. The highest BCUT2D eigenvalue weighted by atomic mass is 16.4. The summed E-state index contributed by atoms with van der Waals surface area (Å²) in [5.74, 6) is 0.568. The van der Waals surface area contributed by atoms with E-state index in [1.165, 1.54) is 0 Å². The molecule has 0 amide bonds. The number of nitrogens with one attached hydrogen (secondary N) is 1. The van der Waals surface area contributed by atoms with Gasteiger partial charge in [-0.1, -0.05) is 18.2 Å². The second-order valence-electron chi connectivity index (χ2n) is 4.60. The lowest BCUT2D eigenvalue weighted by atomic mass is 10.1. The van der Waals surface area contributed by atoms with E-state index in [1.807, 2.05) is 30.3 Å². The molecule has 4 N–H and O–H groups in total. The molecular formula is C13H15NO4. The zero-order valence-corrected chi connectivity index (χ0v) is 9.65. The number of furan rings is 1. The largest absolute Gasteiger partial charge is 0.459 e. The van der Waals surface area contributed by atoms with Crippen molar-refractivity contribution in [3.05, 3.63) is 36.1 Å². The van der Waals surface area contributed by atoms with Crippen LogP contribution in [0.5, 0.6) is 0 Å². The van der Waals surface area contributed by atoms with Crippen LogP contribution in [-0.2, 0) is 0 Å². The fourth-order valence-corrected chi connectivity index (χ4v) is 2.43. The monoisotopic (exact) mass is 249 g/mol. The SMILES string of the molecule is OC[C@H]1N[C@@H](c2cc3ccccc3o2)[C@H](O)[C@@H]1O. The predicted molar refractivity (Wildman–Crippen MR) is 65.0 cm³/mol. The standard InChI is InChI=1S/C13H15NO4/c15-6-8-12(16)13(17)11(14-8)10-5-7-3-1-2-4-9(7)18-10/h1-5,8,11-17H,6H2/t8-,11+,12-,13+/m1/s1. The lowest BCUT2D eigenvalue weighted by Gasteiger charge is -2.12. The van der Waals surface area contributed by atoms with Crippen molar-refractivity contribution < 1.29 is 19.7 Å². The van der Waals surface area contributed by atoms with Crippen molar-refractivity contribution in [2.45, 2.75) is 24.3 Å². The Morgan fingerprint density at radius 2 is 1.94 bits per heavy atom. The fraction of sp³-hybridized carbons (Fsp3) is 0.385. The lowest BCUT2D eigenvalue weighted by Crippen LogP contribution is -2.35. The topological polar surface area (TPSA) is 85.9 Å². The molecule has 1 aliphatic rings. The Hall–Kier alpha value is -1.40. The maximum Gasteiger partial charge on any atom is 0.134 e. The molecule has 0 spiro atoms. The van der Waals surface area contributed by atoms with E-state index in [0.717, 1.165) is 11.0 Å². The van der Waals surface area contributed by atoms with Crippen molar-refractivity contribution in [1.29, 1.82) is 0 Å². The van der Waals surface area contributed by atoms with Crippen molar-refractivity contribution in [1.82, 2.24) is 5.32 Å². The molecule has 0 bridgehead atoms. The van der Waals surface area contributed by atoms with Crippen LogP contribution in [0.4, 0.5) is 0 Å². The van der Waals surface area contributed by atoms with Crippen LogP contribution in [-0.4, -0.2) is 40.2 Å². The quantitative estimate of drug-likeness (QED) is 0.609. The van der Waals surface area contributed by atoms with Crippen molar-refractivity contribution in [2.75, 3.05) is 6.61 Å². The molecular weight excluding hydrogens is 234 g/mol. The number of hydrogen-bond acceptors (Lipinski definition) is 5. The molecule has 0 saturated carbocycles. The third-order valence-electron chi connectivity index (χ3n) is 3.45. The third-order valence-corrected chi connectivity index (χ3v) is 3.45. The molecule has 1 saturated heterocycles. The number of para-hydroxylation sites is 1. The van der Waals surface area contributed by atoms with E-state index in [4.69, 9.17) is 9.52 Å². The molecule has 5 heteroatoms. The van der Waals surface area contributed by atoms with E-state index >= 15 is 0 Å². The Labute approximate surface area is 104 Å². The molecule has 0 aliphatic carbocycles. The highest BCUT2D eigenvalue weighted by Crippen LogP contribution is 2.31. The van der Waals surface area contributed by atoms with Crippen LogP contribution in [0.15, 0.2) is 34.7 Å². The van der Waals surface area contributed by atoms with Crippen molar-refractivity contribution in [3.63, 3.8) is 0 Å². The first-order valence-corrected chi connectivity index (χ1v) is 5.92. The van der Waals surface area contributed by atoms with E-state index in [2.05, 4.69) is 5.32 Å². The molecule has 18 heavy (non-hydrogen) atoms. The Kier molecular flexibility index (Phi) is 2.83. The Balaban J connectivity index is 1.95. The van der Waals surface area contributed by atoms with Gasteiger partial charge in [-0.15, -0.1) is 0 Å². The maximum atomic E-state index is 9.95. The summed E-state index contributed by atoms with van der Waals surface area (Å²) in [6.45, 7) is -0.227. The van der Waals surface area contributed by atoms with E-state index in [1.54, 1.807) is 0 Å². The third kappa shape index (κ3) is 1.72. The zero-order chi connectivity index (χ0) is 12.7. The Bertz CT molecular complexity index is 520. The van der Waals surface area contributed by atoms with Crippen molar-refractivity contribution in [2.24, 2.45) is 0 Å². The molecule has 2 aromatic rings. The number of aliphatic hydroxyl groups excluding tert-OH is 3. The van der Waals surface area contributed by atoms with E-state index in [9.17, 15) is 10.2 Å². The highest BCUT2D eigenvalue weighted by molar-refractivity contribution is 5.77. The van der Waals surface area contributed by atoms with Crippen LogP contribution < -0.4 is 5.32 Å². The molecule has 2 heterocycles. The van der Waals surface area contributed by atoms with Gasteiger partial charge < -0.3 is 19.7 Å². The molecule has 4 atom stereocenters. The molecule has 1 fully saturated rings. The average Bonchev–Trinajstić information content (AvgIpc) is 2.92. The van der Waals surface area contributed by atoms with Gasteiger partial charge in [0, 0.05) is 5.39 Å². The average molecular weight is 249 g/mol. The summed E-state index contributed by atoms with van der Waals surface area (Å²) in [6.07, 6.45) is -1.98. The Morgan fingerprint density at radius 3 is 2.61 bits per heavy atom. The minimum atomic E-state index is -0.992. The van der Waals surface area contributed by atoms with Crippen LogP contribution >= 0.6 is 0 Å². The van der Waals surface area contributed by atoms with Gasteiger partial charge in [-0.2, -0.15) is 0 Å². The minimum absolute atomic E-state index is 0.227. The number of benzene rings is 1. The summed E-state index contributed by atoms with van der Waals surface area (Å²) in [5.41, 5.74) is 0.739. The summed E-state index contributed by atoms with van der Waals surface area (Å²) in [5, 5.41) is 32.7. The summed E-state index contributed by atoms with van der Waals surface area (Å²) in [4.78, 5) is 0. The molecule has 1 aromatic carbocycles. The highest BCUT2D eigenvalue weighted by Gasteiger charge is 2.42. The first kappa shape index (κ1) is 11.7. The smallest absolute Gasteiger partial charge is 0.134 e. The summed E-state index contributed by atoms with van der Waals surface area (Å²) < 4.78 is 5.65. The minimum Gasteiger partial charge on any atom is -0.459 e. The number of aliphatic hydroxyl groups is 3. The van der Waals surface area contributed by atoms with Gasteiger partial charge in [0.25, 0.3) is 0 Å². The van der Waals surface area contributed by atoms with Gasteiger partial charge >= 0.3 is 0 Å². The molecule has 96 valence electrons. The fourth-order valence-electron chi connectivity index (χ4n) is 2.43. The van der Waals surface area contributed by atoms with E-state index in [-0.39, 0.29) is 6.61 Å². The first-order chi connectivity index (χ1) is 8.70. The van der Waals surface area contributed by atoms with Gasteiger partial charge in [-0.3, -0.25) is 5.32 Å². The van der Waals surface area contributed by atoms with E-state index in [0.29, 0.717) is 5.76 Å². The van der Waals surface area contributed by atoms with Crippen molar-refractivity contribution >= 4 is 11.0 Å². The van der Waals surface area contributed by atoms with Crippen LogP contribution in [0.3, 0.4) is 0 Å². The molecule has 1 aromatic heterocycles. The normalized spacial score (nSPS) is 32.2. The summed E-state index contributed by atoms with van der Waals surface area (Å²) in [6, 6.07) is 8.36. The predicted octanol–water partition coefficient (Wildman–Crippen LogP) is 0.160. The summed E-state index contributed by atoms with van der Waals surface area (Å²) in [7, 11) is 0. The van der Waals surface area contributed by atoms with Gasteiger partial charge in [-0.25, -0.2) is 0 Å². The lowest BCUT2D eigenvalue weighted by molar-refractivity contribution is 0.0174. The number of fused-ring (bicyclic) bond motifs is 1. The van der Waals surface area contributed by atoms with Gasteiger partial charge in [-0.05, 0) is 12.1 Å². The number of hydrogen-bond donors (Lipinski definition) is 4. The molecule has 0 unspecified atom stereocenters. The van der Waals surface area contributed by atoms with Gasteiger partial charge in [0.2, 0.25) is 0 Å². The van der Waals surface area contributed by atoms with E-state index < -0.39 is 24.3 Å². The molecule has 0 radical (unpaired) electrons. The van der Waals surface area contributed by atoms with Crippen molar-refractivity contribution in [3.8, 4) is 0 Å². The number of rotatable bonds is 2. The van der Waals surface area contributed by atoms with Crippen LogP contribution in [0, 0.1) is 0 Å². The van der Waals surface area contributed by atoms with Crippen LogP contribution in [0.25, 0.3) is 11.0 Å². The first-order valence-electron chi connectivity index (χ1n) is 5.92. The second-order valence-corrected chi connectivity index (χ2v) is 4.60. The zero-order valence-electron chi connectivity index (χ0n) is 9.65. The van der Waals surface area contributed by atoms with Gasteiger partial charge in [0.05, 0.1) is 24.8 Å². The summed E-state index contributed by atoms with van der Waals surface area (Å²) >= 11 is 0. The second kappa shape index (κ2) is 4.37. The molecule has 5 nitrogen and oxygen atoms in total.